The Morgan fingerprint density at radius 1 is 1.47 bits per heavy atom. The van der Waals surface area contributed by atoms with E-state index in [0.717, 1.165) is 5.75 Å². The lowest BCUT2D eigenvalue weighted by Crippen LogP contribution is -2.08. The highest BCUT2D eigenvalue weighted by atomic mass is 32.2. The fraction of sp³-hybridized carbons (Fsp3) is 0.417. The first-order valence-electron chi connectivity index (χ1n) is 5.85. The van der Waals surface area contributed by atoms with E-state index in [1.165, 1.54) is 17.8 Å². The Hall–Kier alpha value is -1.76. The summed E-state index contributed by atoms with van der Waals surface area (Å²) in [7, 11) is 1.60. The fourth-order valence-corrected chi connectivity index (χ4v) is 2.37. The molecule has 1 rings (SSSR count). The van der Waals surface area contributed by atoms with Crippen LogP contribution >= 0.6 is 11.8 Å². The zero-order valence-corrected chi connectivity index (χ0v) is 11.9. The molecule has 0 aliphatic rings. The first-order chi connectivity index (χ1) is 9.04. The van der Waals surface area contributed by atoms with Crippen molar-refractivity contribution < 1.29 is 14.5 Å². The molecule has 0 atom stereocenters. The summed E-state index contributed by atoms with van der Waals surface area (Å²) in [6, 6.07) is 2.88. The zero-order chi connectivity index (χ0) is 14.4. The van der Waals surface area contributed by atoms with Crippen LogP contribution in [0.5, 0.6) is 0 Å². The van der Waals surface area contributed by atoms with Gasteiger partial charge in [0, 0.05) is 18.0 Å². The minimum atomic E-state index is -0.538. The van der Waals surface area contributed by atoms with Gasteiger partial charge in [-0.2, -0.15) is 0 Å². The van der Waals surface area contributed by atoms with Crippen molar-refractivity contribution >= 4 is 29.1 Å². The number of ether oxygens (including phenoxy) is 1. The number of hydrogen-bond donors (Lipinski definition) is 1. The number of hydrogen-bond acceptors (Lipinski definition) is 6. The maximum Gasteiger partial charge on any atom is 0.339 e. The average Bonchev–Trinajstić information content (AvgIpc) is 2.38. The number of nitro benzene ring substituents is 1. The number of rotatable bonds is 6. The van der Waals surface area contributed by atoms with E-state index in [9.17, 15) is 14.9 Å². The normalized spacial score (nSPS) is 10.1. The smallest absolute Gasteiger partial charge is 0.339 e. The molecule has 0 saturated heterocycles. The van der Waals surface area contributed by atoms with Crippen LogP contribution in [0.25, 0.3) is 0 Å². The number of nitro groups is 1. The summed E-state index contributed by atoms with van der Waals surface area (Å²) in [4.78, 5) is 23.0. The summed E-state index contributed by atoms with van der Waals surface area (Å²) in [5, 5.41) is 13.8. The van der Waals surface area contributed by atoms with Crippen molar-refractivity contribution in [3.8, 4) is 0 Å². The molecule has 0 spiro atoms. The molecule has 0 unspecified atom stereocenters. The number of nitrogens with zero attached hydrogens (tertiary/aromatic N) is 1. The number of carbonyl (C=O) groups excluding carboxylic acids is 1. The van der Waals surface area contributed by atoms with Crippen LogP contribution in [0.15, 0.2) is 17.0 Å². The topological polar surface area (TPSA) is 81.5 Å². The minimum Gasteiger partial charge on any atom is -0.462 e. The van der Waals surface area contributed by atoms with Crippen LogP contribution in [0.2, 0.25) is 0 Å². The summed E-state index contributed by atoms with van der Waals surface area (Å²) >= 11 is 1.44. The predicted molar refractivity (Wildman–Crippen MR) is 75.0 cm³/mol. The van der Waals surface area contributed by atoms with Gasteiger partial charge in [-0.05, 0) is 18.7 Å². The number of benzene rings is 1. The van der Waals surface area contributed by atoms with E-state index in [1.54, 1.807) is 20.0 Å². The van der Waals surface area contributed by atoms with Crippen LogP contribution in [0.1, 0.15) is 24.2 Å². The summed E-state index contributed by atoms with van der Waals surface area (Å²) in [5.74, 6) is 0.220. The summed E-state index contributed by atoms with van der Waals surface area (Å²) in [5.41, 5.74) is 0.486. The molecule has 104 valence electrons. The lowest BCUT2D eigenvalue weighted by Gasteiger charge is -2.10. The minimum absolute atomic E-state index is 0.133. The molecule has 0 fully saturated rings. The molecule has 7 heteroatoms. The first-order valence-corrected chi connectivity index (χ1v) is 6.83. The quantitative estimate of drug-likeness (QED) is 0.374. The van der Waals surface area contributed by atoms with Gasteiger partial charge in [0.2, 0.25) is 0 Å². The van der Waals surface area contributed by atoms with Crippen molar-refractivity contribution in [2.45, 2.75) is 18.7 Å². The Kier molecular flexibility index (Phi) is 5.62. The standard InChI is InChI=1S/C12H16N2O4S/c1-4-18-12(15)8-6-10(14(16)17)9(13-3)7-11(8)19-5-2/h6-7,13H,4-5H2,1-3H3. The van der Waals surface area contributed by atoms with Gasteiger partial charge < -0.3 is 10.1 Å². The molecular formula is C12H16N2O4S. The highest BCUT2D eigenvalue weighted by Gasteiger charge is 2.22. The Morgan fingerprint density at radius 3 is 2.63 bits per heavy atom. The van der Waals surface area contributed by atoms with Gasteiger partial charge in [-0.15, -0.1) is 11.8 Å². The number of nitrogens with one attached hydrogen (secondary N) is 1. The van der Waals surface area contributed by atoms with Crippen molar-refractivity contribution in [2.24, 2.45) is 0 Å². The Labute approximate surface area is 115 Å². The molecule has 0 bridgehead atoms. The molecule has 0 saturated carbocycles. The van der Waals surface area contributed by atoms with E-state index in [4.69, 9.17) is 4.74 Å². The van der Waals surface area contributed by atoms with Gasteiger partial charge in [-0.3, -0.25) is 10.1 Å². The van der Waals surface area contributed by atoms with E-state index < -0.39 is 10.9 Å². The molecule has 0 aliphatic carbocycles. The molecule has 0 radical (unpaired) electrons. The maximum atomic E-state index is 11.8. The van der Waals surface area contributed by atoms with Gasteiger partial charge in [0.1, 0.15) is 5.69 Å². The Balaban J connectivity index is 3.36. The maximum absolute atomic E-state index is 11.8. The van der Waals surface area contributed by atoms with Crippen molar-refractivity contribution in [1.29, 1.82) is 0 Å². The van der Waals surface area contributed by atoms with Crippen LogP contribution in [0.4, 0.5) is 11.4 Å². The van der Waals surface area contributed by atoms with Gasteiger partial charge in [-0.25, -0.2) is 4.79 Å². The van der Waals surface area contributed by atoms with Gasteiger partial charge in [0.25, 0.3) is 5.69 Å². The molecule has 19 heavy (non-hydrogen) atoms. The van der Waals surface area contributed by atoms with Crippen molar-refractivity contribution in [2.75, 3.05) is 24.7 Å². The molecule has 1 aromatic rings. The lowest BCUT2D eigenvalue weighted by atomic mass is 10.1. The molecule has 0 aliphatic heterocycles. The van der Waals surface area contributed by atoms with Crippen LogP contribution in [0.3, 0.4) is 0 Å². The van der Waals surface area contributed by atoms with Crippen molar-refractivity contribution in [3.05, 3.63) is 27.8 Å². The third kappa shape index (κ3) is 3.60. The number of thioether (sulfide) groups is 1. The van der Waals surface area contributed by atoms with Gasteiger partial charge in [-0.1, -0.05) is 6.92 Å². The highest BCUT2D eigenvalue weighted by molar-refractivity contribution is 7.99. The second-order valence-corrected chi connectivity index (χ2v) is 4.83. The second kappa shape index (κ2) is 6.98. The molecule has 0 heterocycles. The molecule has 1 N–H and O–H groups in total. The molecule has 6 nitrogen and oxygen atoms in total. The summed E-state index contributed by atoms with van der Waals surface area (Å²) in [6.07, 6.45) is 0. The van der Waals surface area contributed by atoms with Crippen LogP contribution in [-0.4, -0.2) is 30.3 Å². The molecular weight excluding hydrogens is 268 g/mol. The van der Waals surface area contributed by atoms with Crippen LogP contribution in [0, 0.1) is 10.1 Å². The van der Waals surface area contributed by atoms with E-state index in [0.29, 0.717) is 10.6 Å². The zero-order valence-electron chi connectivity index (χ0n) is 11.1. The van der Waals surface area contributed by atoms with Crippen molar-refractivity contribution in [3.63, 3.8) is 0 Å². The van der Waals surface area contributed by atoms with Crippen LogP contribution in [-0.2, 0) is 4.74 Å². The highest BCUT2D eigenvalue weighted by Crippen LogP contribution is 2.33. The summed E-state index contributed by atoms with van der Waals surface area (Å²) in [6.45, 7) is 3.87. The first kappa shape index (κ1) is 15.3. The third-order valence-electron chi connectivity index (χ3n) is 2.36. The van der Waals surface area contributed by atoms with Crippen molar-refractivity contribution in [1.82, 2.24) is 0 Å². The number of anilines is 1. The molecule has 1 aromatic carbocycles. The third-order valence-corrected chi connectivity index (χ3v) is 3.30. The Morgan fingerprint density at radius 2 is 2.16 bits per heavy atom. The van der Waals surface area contributed by atoms with E-state index in [1.807, 2.05) is 6.92 Å². The largest absolute Gasteiger partial charge is 0.462 e. The summed E-state index contributed by atoms with van der Waals surface area (Å²) < 4.78 is 4.93. The molecule has 0 aromatic heterocycles. The van der Waals surface area contributed by atoms with Gasteiger partial charge in [0.05, 0.1) is 17.1 Å². The van der Waals surface area contributed by atoms with Crippen LogP contribution < -0.4 is 5.32 Å². The number of carbonyl (C=O) groups is 1. The number of esters is 1. The van der Waals surface area contributed by atoms with E-state index in [-0.39, 0.29) is 17.9 Å². The lowest BCUT2D eigenvalue weighted by molar-refractivity contribution is -0.384. The van der Waals surface area contributed by atoms with Gasteiger partial charge >= 0.3 is 5.97 Å². The Bertz CT molecular complexity index is 491. The van der Waals surface area contributed by atoms with Gasteiger partial charge in [0.15, 0.2) is 0 Å². The van der Waals surface area contributed by atoms with E-state index in [2.05, 4.69) is 5.32 Å². The fourth-order valence-electron chi connectivity index (χ4n) is 1.56. The molecule has 0 amide bonds. The monoisotopic (exact) mass is 284 g/mol. The predicted octanol–water partition coefficient (Wildman–Crippen LogP) is 2.93. The SMILES string of the molecule is CCOC(=O)c1cc([N+](=O)[O-])c(NC)cc1SCC. The van der Waals surface area contributed by atoms with E-state index >= 15 is 0 Å². The second-order valence-electron chi connectivity index (χ2n) is 3.53. The average molecular weight is 284 g/mol.